The Morgan fingerprint density at radius 3 is 2.54 bits per heavy atom. The molecule has 1 N–H and O–H groups in total. The van der Waals surface area contributed by atoms with Crippen LogP contribution in [0.5, 0.6) is 11.5 Å². The summed E-state index contributed by atoms with van der Waals surface area (Å²) in [6.07, 6.45) is 1.58. The zero-order valence-corrected chi connectivity index (χ0v) is 17.0. The Hall–Kier alpha value is -2.83. The molecule has 4 rings (SSSR count). The highest BCUT2D eigenvalue weighted by Crippen LogP contribution is 2.37. The number of rotatable bonds is 6. The van der Waals surface area contributed by atoms with Gasteiger partial charge in [-0.15, -0.1) is 11.3 Å². The van der Waals surface area contributed by atoms with E-state index in [-0.39, 0.29) is 0 Å². The van der Waals surface area contributed by atoms with Gasteiger partial charge in [0.1, 0.15) is 17.0 Å². The van der Waals surface area contributed by atoms with Gasteiger partial charge < -0.3 is 14.8 Å². The van der Waals surface area contributed by atoms with Crippen LogP contribution in [0, 0.1) is 0 Å². The lowest BCUT2D eigenvalue weighted by Crippen LogP contribution is -2.03. The summed E-state index contributed by atoms with van der Waals surface area (Å²) in [5, 5.41) is 7.26. The molecule has 28 heavy (non-hydrogen) atoms. The predicted octanol–water partition coefficient (Wildman–Crippen LogP) is 5.64. The van der Waals surface area contributed by atoms with Crippen molar-refractivity contribution in [2.45, 2.75) is 6.54 Å². The lowest BCUT2D eigenvalue weighted by atomic mass is 10.1. The Balaban J connectivity index is 1.66. The van der Waals surface area contributed by atoms with Crippen molar-refractivity contribution >= 4 is 39.0 Å². The largest absolute Gasteiger partial charge is 0.493 e. The minimum absolute atomic E-state index is 0.600. The molecule has 0 atom stereocenters. The van der Waals surface area contributed by atoms with E-state index in [0.717, 1.165) is 32.7 Å². The van der Waals surface area contributed by atoms with Crippen LogP contribution in [0.3, 0.4) is 0 Å². The quantitative estimate of drug-likeness (QED) is 0.445. The lowest BCUT2D eigenvalue weighted by Gasteiger charge is -2.11. The summed E-state index contributed by atoms with van der Waals surface area (Å²) in [6.45, 7) is 0.600. The molecule has 0 amide bonds. The summed E-state index contributed by atoms with van der Waals surface area (Å²) < 4.78 is 10.7. The van der Waals surface area contributed by atoms with Gasteiger partial charge in [-0.2, -0.15) is 0 Å². The fourth-order valence-electron chi connectivity index (χ4n) is 3.03. The molecule has 0 aliphatic heterocycles. The first kappa shape index (κ1) is 18.5. The summed E-state index contributed by atoms with van der Waals surface area (Å²) in [5.41, 5.74) is 3.24. The van der Waals surface area contributed by atoms with E-state index in [0.29, 0.717) is 23.1 Å². The van der Waals surface area contributed by atoms with Crippen LogP contribution >= 0.6 is 22.9 Å². The number of methoxy groups -OCH3 is 2. The average molecular weight is 412 g/mol. The van der Waals surface area contributed by atoms with Gasteiger partial charge in [0.25, 0.3) is 0 Å². The summed E-state index contributed by atoms with van der Waals surface area (Å²) in [7, 11) is 3.26. The monoisotopic (exact) mass is 411 g/mol. The number of hydrogen-bond donors (Lipinski definition) is 1. The van der Waals surface area contributed by atoms with Crippen molar-refractivity contribution in [3.63, 3.8) is 0 Å². The maximum atomic E-state index is 6.03. The van der Waals surface area contributed by atoms with Crippen LogP contribution in [-0.2, 0) is 6.54 Å². The molecule has 0 saturated carbocycles. The molecule has 0 spiro atoms. The Labute approximate surface area is 171 Å². The fourth-order valence-corrected chi connectivity index (χ4v) is 4.07. The minimum Gasteiger partial charge on any atom is -0.493 e. The first-order chi connectivity index (χ1) is 13.7. The molecular weight excluding hydrogens is 394 g/mol. The molecule has 4 aromatic rings. The SMILES string of the molecule is COc1ccc(CNc2ncnc3scc(-c4ccc(Cl)cc4)c23)cc1OC. The van der Waals surface area contributed by atoms with Crippen LogP contribution in [0.2, 0.25) is 5.02 Å². The Morgan fingerprint density at radius 2 is 1.79 bits per heavy atom. The highest BCUT2D eigenvalue weighted by Gasteiger charge is 2.13. The molecule has 0 aliphatic carbocycles. The molecule has 0 saturated heterocycles. The van der Waals surface area contributed by atoms with Crippen molar-refractivity contribution in [2.24, 2.45) is 0 Å². The summed E-state index contributed by atoms with van der Waals surface area (Å²) in [6, 6.07) is 13.7. The van der Waals surface area contributed by atoms with Gasteiger partial charge in [0, 0.05) is 22.5 Å². The van der Waals surface area contributed by atoms with Crippen molar-refractivity contribution < 1.29 is 9.47 Å². The third-order valence-electron chi connectivity index (χ3n) is 4.43. The summed E-state index contributed by atoms with van der Waals surface area (Å²) in [5.74, 6) is 2.21. The zero-order valence-electron chi connectivity index (χ0n) is 15.4. The van der Waals surface area contributed by atoms with Gasteiger partial charge in [-0.25, -0.2) is 9.97 Å². The van der Waals surface area contributed by atoms with Crippen LogP contribution in [-0.4, -0.2) is 24.2 Å². The third-order valence-corrected chi connectivity index (χ3v) is 5.57. The van der Waals surface area contributed by atoms with E-state index in [1.54, 1.807) is 31.9 Å². The summed E-state index contributed by atoms with van der Waals surface area (Å²) >= 11 is 7.63. The Morgan fingerprint density at radius 1 is 1.00 bits per heavy atom. The Bertz CT molecular complexity index is 1110. The number of nitrogens with one attached hydrogen (secondary N) is 1. The minimum atomic E-state index is 0.600. The molecule has 0 bridgehead atoms. The number of halogens is 1. The number of ether oxygens (including phenoxy) is 2. The standard InChI is InChI=1S/C21H18ClN3O2S/c1-26-17-8-3-13(9-18(17)27-2)10-23-20-19-16(11-28-21(19)25-12-24-20)14-4-6-15(22)7-5-14/h3-9,11-12H,10H2,1-2H3,(H,23,24,25). The molecule has 5 nitrogen and oxygen atoms in total. The van der Waals surface area contributed by atoms with Crippen LogP contribution in [0.15, 0.2) is 54.2 Å². The van der Waals surface area contributed by atoms with E-state index in [9.17, 15) is 0 Å². The normalized spacial score (nSPS) is 10.8. The first-order valence-electron chi connectivity index (χ1n) is 8.62. The van der Waals surface area contributed by atoms with Gasteiger partial charge in [-0.05, 0) is 35.4 Å². The fraction of sp³-hybridized carbons (Fsp3) is 0.143. The highest BCUT2D eigenvalue weighted by molar-refractivity contribution is 7.17. The van der Waals surface area contributed by atoms with E-state index in [1.807, 2.05) is 42.5 Å². The molecule has 2 aromatic carbocycles. The number of aromatic nitrogens is 2. The van der Waals surface area contributed by atoms with Crippen molar-refractivity contribution in [3.05, 3.63) is 64.8 Å². The number of hydrogen-bond acceptors (Lipinski definition) is 6. The summed E-state index contributed by atoms with van der Waals surface area (Å²) in [4.78, 5) is 9.83. The van der Waals surface area contributed by atoms with E-state index in [2.05, 4.69) is 20.7 Å². The van der Waals surface area contributed by atoms with Gasteiger partial charge in [0.05, 0.1) is 19.6 Å². The maximum absolute atomic E-state index is 6.03. The van der Waals surface area contributed by atoms with Crippen molar-refractivity contribution in [1.29, 1.82) is 0 Å². The number of fused-ring (bicyclic) bond motifs is 1. The van der Waals surface area contributed by atoms with Crippen LogP contribution in [0.25, 0.3) is 21.3 Å². The Kier molecular flexibility index (Phi) is 5.32. The van der Waals surface area contributed by atoms with E-state index in [1.165, 1.54) is 0 Å². The second-order valence-corrected chi connectivity index (χ2v) is 7.40. The van der Waals surface area contributed by atoms with Crippen molar-refractivity contribution in [3.8, 4) is 22.6 Å². The number of anilines is 1. The number of benzene rings is 2. The first-order valence-corrected chi connectivity index (χ1v) is 9.88. The molecule has 0 unspecified atom stereocenters. The van der Waals surface area contributed by atoms with Gasteiger partial charge in [0.2, 0.25) is 0 Å². The molecule has 0 aliphatic rings. The van der Waals surface area contributed by atoms with Gasteiger partial charge in [-0.3, -0.25) is 0 Å². The molecule has 142 valence electrons. The number of nitrogens with zero attached hydrogens (tertiary/aromatic N) is 2. The second-order valence-electron chi connectivity index (χ2n) is 6.10. The molecule has 2 heterocycles. The highest BCUT2D eigenvalue weighted by atomic mass is 35.5. The maximum Gasteiger partial charge on any atom is 0.161 e. The van der Waals surface area contributed by atoms with E-state index < -0.39 is 0 Å². The van der Waals surface area contributed by atoms with Gasteiger partial charge >= 0.3 is 0 Å². The second kappa shape index (κ2) is 8.04. The smallest absolute Gasteiger partial charge is 0.161 e. The van der Waals surface area contributed by atoms with Crippen molar-refractivity contribution in [1.82, 2.24) is 9.97 Å². The molecule has 0 fully saturated rings. The molecular formula is C21H18ClN3O2S. The van der Waals surface area contributed by atoms with E-state index in [4.69, 9.17) is 21.1 Å². The van der Waals surface area contributed by atoms with E-state index >= 15 is 0 Å². The average Bonchev–Trinajstić information content (AvgIpc) is 3.17. The van der Waals surface area contributed by atoms with Gasteiger partial charge in [0.15, 0.2) is 11.5 Å². The molecule has 0 radical (unpaired) electrons. The topological polar surface area (TPSA) is 56.3 Å². The molecule has 2 aromatic heterocycles. The van der Waals surface area contributed by atoms with Crippen LogP contribution in [0.4, 0.5) is 5.82 Å². The van der Waals surface area contributed by atoms with Gasteiger partial charge in [-0.1, -0.05) is 29.8 Å². The zero-order chi connectivity index (χ0) is 19.5. The molecule has 7 heteroatoms. The number of thiophene rings is 1. The van der Waals surface area contributed by atoms with Crippen LogP contribution < -0.4 is 14.8 Å². The predicted molar refractivity (Wildman–Crippen MR) is 115 cm³/mol. The van der Waals surface area contributed by atoms with Crippen LogP contribution in [0.1, 0.15) is 5.56 Å². The van der Waals surface area contributed by atoms with Crippen molar-refractivity contribution in [2.75, 3.05) is 19.5 Å². The lowest BCUT2D eigenvalue weighted by molar-refractivity contribution is 0.354. The third kappa shape index (κ3) is 3.61.